The molecule has 0 aromatic heterocycles. The lowest BCUT2D eigenvalue weighted by atomic mass is 10.1. The van der Waals surface area contributed by atoms with Crippen molar-refractivity contribution in [2.45, 2.75) is 13.0 Å². The average Bonchev–Trinajstić information content (AvgIpc) is 2.53. The smallest absolute Gasteiger partial charge is 0.275 e. The number of ether oxygens (including phenoxy) is 2. The van der Waals surface area contributed by atoms with E-state index >= 15 is 0 Å². The highest BCUT2D eigenvalue weighted by Gasteiger charge is 2.16. The molecule has 0 radical (unpaired) electrons. The third-order valence-corrected chi connectivity index (χ3v) is 3.22. The summed E-state index contributed by atoms with van der Waals surface area (Å²) in [5.74, 6) is 1.11. The molecule has 0 aliphatic carbocycles. The fourth-order valence-corrected chi connectivity index (χ4v) is 1.99. The highest BCUT2D eigenvalue weighted by Crippen LogP contribution is 2.28. The van der Waals surface area contributed by atoms with Gasteiger partial charge in [0.1, 0.15) is 11.5 Å². The lowest BCUT2D eigenvalue weighted by molar-refractivity contribution is -0.633. The first-order valence-electron chi connectivity index (χ1n) is 7.05. The number of quaternary nitrogens is 1. The normalized spacial score (nSPS) is 11.5. The Bertz CT molecular complexity index is 520. The quantitative estimate of drug-likeness (QED) is 0.585. The second-order valence-corrected chi connectivity index (χ2v) is 4.77. The fourth-order valence-electron chi connectivity index (χ4n) is 1.99. The molecule has 1 atom stereocenters. The van der Waals surface area contributed by atoms with E-state index in [0.29, 0.717) is 11.5 Å². The highest BCUT2D eigenvalue weighted by atomic mass is 16.5. The van der Waals surface area contributed by atoms with Crippen LogP contribution in [0.3, 0.4) is 0 Å². The lowest BCUT2D eigenvalue weighted by Crippen LogP contribution is -2.88. The van der Waals surface area contributed by atoms with Gasteiger partial charge in [0.2, 0.25) is 0 Å². The van der Waals surface area contributed by atoms with Crippen LogP contribution >= 0.6 is 0 Å². The van der Waals surface area contributed by atoms with Crippen LogP contribution in [-0.2, 0) is 9.59 Å². The summed E-state index contributed by atoms with van der Waals surface area (Å²) in [5.41, 5.74) is 0.835. The Morgan fingerprint density at radius 2 is 1.86 bits per heavy atom. The number of carbonyl (C=O) groups is 2. The molecule has 22 heavy (non-hydrogen) atoms. The van der Waals surface area contributed by atoms with Crippen LogP contribution in [0.1, 0.15) is 18.5 Å². The van der Waals surface area contributed by atoms with E-state index in [-0.39, 0.29) is 30.9 Å². The maximum Gasteiger partial charge on any atom is 0.275 e. The Morgan fingerprint density at radius 3 is 2.45 bits per heavy atom. The summed E-state index contributed by atoms with van der Waals surface area (Å²) in [6, 6.07) is 5.20. The Morgan fingerprint density at radius 1 is 1.18 bits per heavy atom. The number of methoxy groups -OCH3 is 2. The van der Waals surface area contributed by atoms with E-state index in [1.54, 1.807) is 38.7 Å². The van der Waals surface area contributed by atoms with Crippen LogP contribution in [0.2, 0.25) is 0 Å². The minimum atomic E-state index is -0.231. The lowest BCUT2D eigenvalue weighted by Gasteiger charge is -2.17. The summed E-state index contributed by atoms with van der Waals surface area (Å²) in [6.07, 6.45) is 0. The molecule has 2 amide bonds. The molecule has 0 aliphatic heterocycles. The van der Waals surface area contributed by atoms with Gasteiger partial charge in [0.25, 0.3) is 11.8 Å². The van der Waals surface area contributed by atoms with Gasteiger partial charge in [0.15, 0.2) is 13.1 Å². The molecule has 1 rings (SSSR count). The van der Waals surface area contributed by atoms with E-state index in [1.807, 2.05) is 13.0 Å². The summed E-state index contributed by atoms with van der Waals surface area (Å²) in [4.78, 5) is 23.0. The van der Waals surface area contributed by atoms with Crippen molar-refractivity contribution in [2.24, 2.45) is 0 Å². The molecule has 0 saturated carbocycles. The highest BCUT2D eigenvalue weighted by molar-refractivity contribution is 5.78. The second kappa shape index (κ2) is 8.89. The van der Waals surface area contributed by atoms with Gasteiger partial charge >= 0.3 is 0 Å². The van der Waals surface area contributed by atoms with E-state index in [1.165, 1.54) is 0 Å². The number of benzene rings is 1. The molecule has 0 saturated heterocycles. The molecule has 122 valence electrons. The molecule has 0 heterocycles. The number of nitrogens with two attached hydrogens (primary N) is 1. The molecule has 0 fully saturated rings. The van der Waals surface area contributed by atoms with Crippen molar-refractivity contribution in [1.29, 1.82) is 0 Å². The summed E-state index contributed by atoms with van der Waals surface area (Å²) in [6.45, 7) is 2.28. The zero-order chi connectivity index (χ0) is 16.5. The first kappa shape index (κ1) is 17.8. The van der Waals surface area contributed by atoms with Crippen LogP contribution in [0.5, 0.6) is 11.5 Å². The Kier molecular flexibility index (Phi) is 7.18. The van der Waals surface area contributed by atoms with Gasteiger partial charge in [-0.2, -0.15) is 0 Å². The van der Waals surface area contributed by atoms with E-state index < -0.39 is 0 Å². The standard InChI is InChI=1S/C15H23N3O4/c1-10(18-15(20)9-17-8-14(19)16-2)12-7-11(21-3)5-6-13(12)22-4/h5-7,10,17H,8-9H2,1-4H3,(H,16,19)(H,18,20)/p+1/t10-/m0/s1. The Labute approximate surface area is 130 Å². The van der Waals surface area contributed by atoms with Crippen molar-refractivity contribution in [3.05, 3.63) is 23.8 Å². The fraction of sp³-hybridized carbons (Fsp3) is 0.467. The predicted octanol–water partition coefficient (Wildman–Crippen LogP) is -0.810. The van der Waals surface area contributed by atoms with Crippen molar-refractivity contribution in [2.75, 3.05) is 34.4 Å². The Balaban J connectivity index is 2.62. The zero-order valence-corrected chi connectivity index (χ0v) is 13.4. The van der Waals surface area contributed by atoms with E-state index in [0.717, 1.165) is 5.56 Å². The third kappa shape index (κ3) is 5.25. The minimum absolute atomic E-state index is 0.115. The van der Waals surface area contributed by atoms with Gasteiger partial charge < -0.3 is 25.4 Å². The molecule has 7 heteroatoms. The summed E-state index contributed by atoms with van der Waals surface area (Å²) < 4.78 is 10.5. The van der Waals surface area contributed by atoms with Crippen LogP contribution in [-0.4, -0.2) is 46.2 Å². The van der Waals surface area contributed by atoms with Crippen LogP contribution < -0.4 is 25.4 Å². The first-order valence-corrected chi connectivity index (χ1v) is 7.05. The Hall–Kier alpha value is -2.28. The van der Waals surface area contributed by atoms with Crippen molar-refractivity contribution < 1.29 is 24.4 Å². The van der Waals surface area contributed by atoms with Gasteiger partial charge in [-0.1, -0.05) is 0 Å². The average molecular weight is 310 g/mol. The molecule has 1 aromatic carbocycles. The summed E-state index contributed by atoms with van der Waals surface area (Å²) in [5, 5.41) is 7.02. The zero-order valence-electron chi connectivity index (χ0n) is 13.4. The first-order chi connectivity index (χ1) is 10.5. The number of rotatable bonds is 8. The van der Waals surface area contributed by atoms with Crippen LogP contribution in [0.15, 0.2) is 18.2 Å². The summed E-state index contributed by atoms with van der Waals surface area (Å²) >= 11 is 0. The predicted molar refractivity (Wildman–Crippen MR) is 81.8 cm³/mol. The van der Waals surface area contributed by atoms with Crippen molar-refractivity contribution in [3.8, 4) is 11.5 Å². The maximum absolute atomic E-state index is 11.9. The maximum atomic E-state index is 11.9. The SMILES string of the molecule is CNC(=O)C[NH2+]CC(=O)N[C@@H](C)c1cc(OC)ccc1OC. The second-order valence-electron chi connectivity index (χ2n) is 4.77. The van der Waals surface area contributed by atoms with Crippen molar-refractivity contribution in [1.82, 2.24) is 10.6 Å². The van der Waals surface area contributed by atoms with Crippen LogP contribution in [0.25, 0.3) is 0 Å². The molecule has 0 aliphatic rings. The molecular weight excluding hydrogens is 286 g/mol. The van der Waals surface area contributed by atoms with E-state index in [9.17, 15) is 9.59 Å². The van der Waals surface area contributed by atoms with Gasteiger partial charge in [0, 0.05) is 12.6 Å². The number of carbonyl (C=O) groups excluding carboxylic acids is 2. The monoisotopic (exact) mass is 310 g/mol. The minimum Gasteiger partial charge on any atom is -0.497 e. The third-order valence-electron chi connectivity index (χ3n) is 3.22. The number of nitrogens with one attached hydrogen (secondary N) is 2. The molecule has 0 bridgehead atoms. The van der Waals surface area contributed by atoms with Gasteiger partial charge in [-0.25, -0.2) is 0 Å². The van der Waals surface area contributed by atoms with Crippen LogP contribution in [0.4, 0.5) is 0 Å². The molecule has 0 unspecified atom stereocenters. The molecule has 1 aromatic rings. The number of hydrogen-bond donors (Lipinski definition) is 3. The largest absolute Gasteiger partial charge is 0.497 e. The number of amides is 2. The molecule has 7 nitrogen and oxygen atoms in total. The van der Waals surface area contributed by atoms with Gasteiger partial charge in [-0.3, -0.25) is 9.59 Å². The summed E-state index contributed by atoms with van der Waals surface area (Å²) in [7, 11) is 4.73. The van der Waals surface area contributed by atoms with Crippen molar-refractivity contribution >= 4 is 11.8 Å². The van der Waals surface area contributed by atoms with Gasteiger partial charge in [-0.15, -0.1) is 0 Å². The molecular formula is C15H24N3O4+. The van der Waals surface area contributed by atoms with Gasteiger partial charge in [-0.05, 0) is 25.1 Å². The van der Waals surface area contributed by atoms with E-state index in [4.69, 9.17) is 9.47 Å². The number of likely N-dealkylation sites (N-methyl/N-ethyl adjacent to an activating group) is 1. The van der Waals surface area contributed by atoms with E-state index in [2.05, 4.69) is 10.6 Å². The molecule has 0 spiro atoms. The number of hydrogen-bond acceptors (Lipinski definition) is 4. The van der Waals surface area contributed by atoms with Gasteiger partial charge in [0.05, 0.1) is 20.3 Å². The van der Waals surface area contributed by atoms with Crippen LogP contribution in [0, 0.1) is 0 Å². The molecule has 4 N–H and O–H groups in total. The van der Waals surface area contributed by atoms with Crippen molar-refractivity contribution in [3.63, 3.8) is 0 Å². The topological polar surface area (TPSA) is 93.3 Å².